The molecule has 19 heavy (non-hydrogen) atoms. The summed E-state index contributed by atoms with van der Waals surface area (Å²) >= 11 is 0. The van der Waals surface area contributed by atoms with Crippen LogP contribution in [0.3, 0.4) is 0 Å². The van der Waals surface area contributed by atoms with Crippen molar-refractivity contribution < 1.29 is 14.6 Å². The number of hydrogen-bond acceptors (Lipinski definition) is 3. The Morgan fingerprint density at radius 2 is 2.16 bits per heavy atom. The van der Waals surface area contributed by atoms with Crippen LogP contribution in [0.4, 0.5) is 0 Å². The molecule has 4 heteroatoms. The average Bonchev–Trinajstić information content (AvgIpc) is 3.21. The number of rotatable bonds is 7. The molecule has 0 saturated heterocycles. The third kappa shape index (κ3) is 3.47. The van der Waals surface area contributed by atoms with E-state index in [0.717, 1.165) is 17.9 Å². The van der Waals surface area contributed by atoms with Crippen molar-refractivity contribution >= 4 is 5.97 Å². The Bertz CT molecular complexity index is 456. The van der Waals surface area contributed by atoms with Gasteiger partial charge < -0.3 is 15.2 Å². The van der Waals surface area contributed by atoms with Crippen LogP contribution in [0.1, 0.15) is 25.3 Å². The summed E-state index contributed by atoms with van der Waals surface area (Å²) in [5.74, 6) is 0.568. The zero-order chi connectivity index (χ0) is 13.9. The number of carboxylic acids is 1. The van der Waals surface area contributed by atoms with Crippen molar-refractivity contribution in [2.45, 2.75) is 31.7 Å². The summed E-state index contributed by atoms with van der Waals surface area (Å²) in [4.78, 5) is 11.6. The molecular weight excluding hydrogens is 242 g/mol. The average molecular weight is 263 g/mol. The van der Waals surface area contributed by atoms with Crippen molar-refractivity contribution in [2.75, 3.05) is 13.7 Å². The maximum Gasteiger partial charge on any atom is 0.323 e. The van der Waals surface area contributed by atoms with E-state index in [1.54, 1.807) is 14.0 Å². The molecule has 0 radical (unpaired) electrons. The lowest BCUT2D eigenvalue weighted by atomic mass is 9.92. The van der Waals surface area contributed by atoms with E-state index in [0.29, 0.717) is 12.3 Å². The summed E-state index contributed by atoms with van der Waals surface area (Å²) in [5, 5.41) is 12.7. The van der Waals surface area contributed by atoms with Crippen LogP contribution in [0.2, 0.25) is 0 Å². The van der Waals surface area contributed by atoms with Crippen molar-refractivity contribution in [1.29, 1.82) is 0 Å². The lowest BCUT2D eigenvalue weighted by molar-refractivity contribution is -0.144. The number of carboxylic acid groups (broad SMARTS) is 1. The first-order chi connectivity index (χ1) is 9.05. The minimum absolute atomic E-state index is 0.416. The maximum absolute atomic E-state index is 11.6. The van der Waals surface area contributed by atoms with Crippen molar-refractivity contribution in [2.24, 2.45) is 5.92 Å². The number of aliphatic carboxylic acids is 1. The second-order valence-electron chi connectivity index (χ2n) is 5.45. The van der Waals surface area contributed by atoms with Gasteiger partial charge in [-0.1, -0.05) is 18.2 Å². The Labute approximate surface area is 113 Å². The Hall–Kier alpha value is -1.55. The highest BCUT2D eigenvalue weighted by molar-refractivity contribution is 5.79. The van der Waals surface area contributed by atoms with Crippen LogP contribution in [-0.4, -0.2) is 30.3 Å². The number of benzene rings is 1. The molecule has 1 aromatic rings. The highest BCUT2D eigenvalue weighted by Gasteiger charge is 2.35. The third-order valence-electron chi connectivity index (χ3n) is 3.69. The van der Waals surface area contributed by atoms with Gasteiger partial charge in [-0.05, 0) is 43.9 Å². The molecule has 104 valence electrons. The van der Waals surface area contributed by atoms with Gasteiger partial charge in [0.1, 0.15) is 11.3 Å². The predicted molar refractivity (Wildman–Crippen MR) is 73.5 cm³/mol. The highest BCUT2D eigenvalue weighted by atomic mass is 16.5. The monoisotopic (exact) mass is 263 g/mol. The number of hydrogen-bond donors (Lipinski definition) is 2. The molecule has 1 aromatic carbocycles. The third-order valence-corrected chi connectivity index (χ3v) is 3.69. The molecule has 4 nitrogen and oxygen atoms in total. The largest absolute Gasteiger partial charge is 0.496 e. The second-order valence-corrected chi connectivity index (χ2v) is 5.45. The van der Waals surface area contributed by atoms with Gasteiger partial charge in [-0.3, -0.25) is 4.79 Å². The summed E-state index contributed by atoms with van der Waals surface area (Å²) in [6, 6.07) is 7.57. The lowest BCUT2D eigenvalue weighted by Crippen LogP contribution is -2.52. The fourth-order valence-corrected chi connectivity index (χ4v) is 2.14. The van der Waals surface area contributed by atoms with Gasteiger partial charge >= 0.3 is 5.97 Å². The zero-order valence-electron chi connectivity index (χ0n) is 11.5. The number of nitrogens with one attached hydrogen (secondary N) is 1. The molecule has 1 atom stereocenters. The van der Waals surface area contributed by atoms with E-state index in [2.05, 4.69) is 5.32 Å². The maximum atomic E-state index is 11.6. The van der Waals surface area contributed by atoms with E-state index in [-0.39, 0.29) is 0 Å². The van der Waals surface area contributed by atoms with Crippen molar-refractivity contribution in [3.8, 4) is 5.75 Å². The zero-order valence-corrected chi connectivity index (χ0v) is 11.5. The van der Waals surface area contributed by atoms with Gasteiger partial charge in [0.25, 0.3) is 0 Å². The molecule has 1 aliphatic rings. The van der Waals surface area contributed by atoms with Crippen LogP contribution < -0.4 is 10.1 Å². The van der Waals surface area contributed by atoms with Gasteiger partial charge in [0, 0.05) is 6.42 Å². The quantitative estimate of drug-likeness (QED) is 0.790. The van der Waals surface area contributed by atoms with Gasteiger partial charge in [-0.2, -0.15) is 0 Å². The fourth-order valence-electron chi connectivity index (χ4n) is 2.14. The Morgan fingerprint density at radius 1 is 1.47 bits per heavy atom. The first-order valence-corrected chi connectivity index (χ1v) is 6.65. The first-order valence-electron chi connectivity index (χ1n) is 6.65. The summed E-state index contributed by atoms with van der Waals surface area (Å²) < 4.78 is 5.29. The van der Waals surface area contributed by atoms with Gasteiger partial charge in [-0.15, -0.1) is 0 Å². The van der Waals surface area contributed by atoms with Gasteiger partial charge in [-0.25, -0.2) is 0 Å². The summed E-state index contributed by atoms with van der Waals surface area (Å²) in [5.41, 5.74) is -0.0322. The molecule has 0 heterocycles. The molecule has 2 rings (SSSR count). The van der Waals surface area contributed by atoms with E-state index in [1.165, 1.54) is 12.8 Å². The standard InChI is InChI=1S/C15H21NO3/c1-15(14(17)18,16-10-11-7-8-11)9-12-5-3-4-6-13(12)19-2/h3-6,11,16H,7-10H2,1-2H3,(H,17,18). The second kappa shape index (κ2) is 5.61. The van der Waals surface area contributed by atoms with Crippen LogP contribution in [0.25, 0.3) is 0 Å². The van der Waals surface area contributed by atoms with Crippen LogP contribution in [0.15, 0.2) is 24.3 Å². The number of ether oxygens (including phenoxy) is 1. The molecule has 0 amide bonds. The molecule has 0 spiro atoms. The van der Waals surface area contributed by atoms with E-state index < -0.39 is 11.5 Å². The normalized spacial score (nSPS) is 17.8. The summed E-state index contributed by atoms with van der Waals surface area (Å²) in [6.07, 6.45) is 2.83. The summed E-state index contributed by atoms with van der Waals surface area (Å²) in [6.45, 7) is 2.52. The molecule has 1 aliphatic carbocycles. The molecule has 2 N–H and O–H groups in total. The van der Waals surface area contributed by atoms with Crippen molar-refractivity contribution in [3.05, 3.63) is 29.8 Å². The topological polar surface area (TPSA) is 58.6 Å². The number of carbonyl (C=O) groups is 1. The fraction of sp³-hybridized carbons (Fsp3) is 0.533. The van der Waals surface area contributed by atoms with E-state index in [4.69, 9.17) is 4.74 Å². The van der Waals surface area contributed by atoms with Gasteiger partial charge in [0.2, 0.25) is 0 Å². The van der Waals surface area contributed by atoms with Gasteiger partial charge in [0.15, 0.2) is 0 Å². The first kappa shape index (κ1) is 13.9. The van der Waals surface area contributed by atoms with Crippen molar-refractivity contribution in [3.63, 3.8) is 0 Å². The van der Waals surface area contributed by atoms with Gasteiger partial charge in [0.05, 0.1) is 7.11 Å². The van der Waals surface area contributed by atoms with Crippen LogP contribution in [-0.2, 0) is 11.2 Å². The SMILES string of the molecule is COc1ccccc1CC(C)(NCC1CC1)C(=O)O. The van der Waals surface area contributed by atoms with E-state index in [9.17, 15) is 9.90 Å². The lowest BCUT2D eigenvalue weighted by Gasteiger charge is -2.27. The minimum Gasteiger partial charge on any atom is -0.496 e. The molecule has 1 saturated carbocycles. The molecule has 1 unspecified atom stereocenters. The molecule has 0 aromatic heterocycles. The Balaban J connectivity index is 2.12. The predicted octanol–water partition coefficient (Wildman–Crippen LogP) is 2.08. The highest BCUT2D eigenvalue weighted by Crippen LogP contribution is 2.29. The van der Waals surface area contributed by atoms with Crippen LogP contribution in [0, 0.1) is 5.92 Å². The Morgan fingerprint density at radius 3 is 2.74 bits per heavy atom. The molecule has 0 bridgehead atoms. The van der Waals surface area contributed by atoms with Crippen molar-refractivity contribution in [1.82, 2.24) is 5.32 Å². The number of methoxy groups -OCH3 is 1. The smallest absolute Gasteiger partial charge is 0.323 e. The molecular formula is C15H21NO3. The molecule has 1 fully saturated rings. The summed E-state index contributed by atoms with van der Waals surface area (Å²) in [7, 11) is 1.61. The Kier molecular flexibility index (Phi) is 4.10. The molecule has 0 aliphatic heterocycles. The minimum atomic E-state index is -0.947. The van der Waals surface area contributed by atoms with Crippen LogP contribution in [0.5, 0.6) is 5.75 Å². The van der Waals surface area contributed by atoms with E-state index in [1.807, 2.05) is 24.3 Å². The van der Waals surface area contributed by atoms with Crippen LogP contribution >= 0.6 is 0 Å². The number of para-hydroxylation sites is 1. The van der Waals surface area contributed by atoms with E-state index >= 15 is 0 Å².